The molecule has 1 aromatic heterocycles. The summed E-state index contributed by atoms with van der Waals surface area (Å²) in [5.41, 5.74) is 0.804. The maximum Gasteiger partial charge on any atom is 0.411 e. The number of halogens is 3. The second kappa shape index (κ2) is 4.89. The van der Waals surface area contributed by atoms with Crippen LogP contribution in [0.1, 0.15) is 0 Å². The molecule has 0 saturated carbocycles. The minimum atomic E-state index is -4.30. The van der Waals surface area contributed by atoms with E-state index >= 15 is 0 Å². The Bertz CT molecular complexity index is 534. The fraction of sp³-hybridized carbons (Fsp3) is 0.333. The van der Waals surface area contributed by atoms with Gasteiger partial charge in [0.2, 0.25) is 0 Å². The van der Waals surface area contributed by atoms with Crippen LogP contribution >= 0.6 is 0 Å². The van der Waals surface area contributed by atoms with Crippen molar-refractivity contribution in [2.75, 3.05) is 13.7 Å². The number of methoxy groups -OCH3 is 1. The number of nitrogens with zero attached hydrogens (tertiary/aromatic N) is 1. The minimum absolute atomic E-state index is 0.130. The molecule has 0 atom stereocenters. The van der Waals surface area contributed by atoms with Crippen molar-refractivity contribution in [1.82, 2.24) is 4.57 Å². The summed E-state index contributed by atoms with van der Waals surface area (Å²) in [6, 6.07) is 7.15. The molecular weight excluding hydrogens is 247 g/mol. The minimum Gasteiger partial charge on any atom is -0.497 e. The van der Waals surface area contributed by atoms with Crippen LogP contribution < -0.4 is 4.74 Å². The highest BCUT2D eigenvalue weighted by atomic mass is 19.4. The van der Waals surface area contributed by atoms with E-state index in [0.717, 1.165) is 10.9 Å². The van der Waals surface area contributed by atoms with Gasteiger partial charge in [0.15, 0.2) is 0 Å². The average Bonchev–Trinajstić information content (AvgIpc) is 2.70. The van der Waals surface area contributed by atoms with Gasteiger partial charge in [0.1, 0.15) is 19.1 Å². The van der Waals surface area contributed by atoms with Gasteiger partial charge in [-0.15, -0.1) is 0 Å². The topological polar surface area (TPSA) is 23.4 Å². The number of fused-ring (bicyclic) bond motifs is 1. The molecule has 1 aromatic carbocycles. The van der Waals surface area contributed by atoms with Crippen LogP contribution in [0.3, 0.4) is 0 Å². The molecule has 0 aliphatic rings. The van der Waals surface area contributed by atoms with Crippen LogP contribution in [0.15, 0.2) is 30.5 Å². The first-order chi connectivity index (χ1) is 8.49. The van der Waals surface area contributed by atoms with E-state index in [1.54, 1.807) is 36.1 Å². The number of rotatable bonds is 4. The van der Waals surface area contributed by atoms with E-state index in [-0.39, 0.29) is 6.73 Å². The molecule has 0 unspecified atom stereocenters. The second-order valence-electron chi connectivity index (χ2n) is 3.80. The Labute approximate surface area is 102 Å². The molecule has 0 bridgehead atoms. The fourth-order valence-electron chi connectivity index (χ4n) is 1.68. The molecule has 0 spiro atoms. The van der Waals surface area contributed by atoms with Gasteiger partial charge in [-0.3, -0.25) is 0 Å². The van der Waals surface area contributed by atoms with E-state index in [1.807, 2.05) is 6.07 Å². The maximum atomic E-state index is 11.9. The summed E-state index contributed by atoms with van der Waals surface area (Å²) in [4.78, 5) is 0. The molecular formula is C12H12F3NO2. The van der Waals surface area contributed by atoms with Crippen molar-refractivity contribution in [3.63, 3.8) is 0 Å². The average molecular weight is 259 g/mol. The van der Waals surface area contributed by atoms with Crippen molar-refractivity contribution in [2.45, 2.75) is 12.9 Å². The van der Waals surface area contributed by atoms with Gasteiger partial charge >= 0.3 is 6.18 Å². The van der Waals surface area contributed by atoms with E-state index < -0.39 is 12.8 Å². The zero-order chi connectivity index (χ0) is 13.2. The lowest BCUT2D eigenvalue weighted by molar-refractivity contribution is -0.181. The molecule has 0 aliphatic heterocycles. The van der Waals surface area contributed by atoms with Crippen LogP contribution in [-0.4, -0.2) is 24.5 Å². The maximum absolute atomic E-state index is 11.9. The fourth-order valence-corrected chi connectivity index (χ4v) is 1.68. The number of alkyl halides is 3. The van der Waals surface area contributed by atoms with Crippen LogP contribution in [0, 0.1) is 0 Å². The smallest absolute Gasteiger partial charge is 0.411 e. The first kappa shape index (κ1) is 12.8. The molecule has 0 saturated heterocycles. The van der Waals surface area contributed by atoms with Crippen LogP contribution in [0.4, 0.5) is 13.2 Å². The van der Waals surface area contributed by atoms with Gasteiger partial charge in [-0.2, -0.15) is 13.2 Å². The standard InChI is InChI=1S/C12H12F3NO2/c1-17-10-2-3-11-9(6-10)4-5-16(11)8-18-7-12(13,14)15/h2-6H,7-8H2,1H3. The van der Waals surface area contributed by atoms with Gasteiger partial charge in [-0.05, 0) is 24.3 Å². The summed E-state index contributed by atoms with van der Waals surface area (Å²) in [7, 11) is 1.56. The van der Waals surface area contributed by atoms with E-state index in [0.29, 0.717) is 5.75 Å². The molecule has 0 aliphatic carbocycles. The van der Waals surface area contributed by atoms with Crippen LogP contribution in [0.5, 0.6) is 5.75 Å². The first-order valence-electron chi connectivity index (χ1n) is 5.27. The van der Waals surface area contributed by atoms with Crippen molar-refractivity contribution < 1.29 is 22.6 Å². The Balaban J connectivity index is 2.10. The van der Waals surface area contributed by atoms with Crippen molar-refractivity contribution in [3.05, 3.63) is 30.5 Å². The second-order valence-corrected chi connectivity index (χ2v) is 3.80. The Morgan fingerprint density at radius 3 is 2.67 bits per heavy atom. The van der Waals surface area contributed by atoms with Gasteiger partial charge < -0.3 is 14.0 Å². The molecule has 0 fully saturated rings. The molecule has 0 radical (unpaired) electrons. The van der Waals surface area contributed by atoms with Crippen LogP contribution in [0.25, 0.3) is 10.9 Å². The zero-order valence-electron chi connectivity index (χ0n) is 9.70. The number of hydrogen-bond donors (Lipinski definition) is 0. The predicted molar refractivity (Wildman–Crippen MR) is 60.5 cm³/mol. The summed E-state index contributed by atoms with van der Waals surface area (Å²) in [6.45, 7) is -1.38. The van der Waals surface area contributed by atoms with E-state index in [4.69, 9.17) is 4.74 Å². The summed E-state index contributed by atoms with van der Waals surface area (Å²) in [5, 5.41) is 0.893. The molecule has 98 valence electrons. The molecule has 2 aromatic rings. The first-order valence-corrected chi connectivity index (χ1v) is 5.27. The number of hydrogen-bond acceptors (Lipinski definition) is 2. The van der Waals surface area contributed by atoms with E-state index in [1.165, 1.54) is 0 Å². The Kier molecular flexibility index (Phi) is 3.47. The molecule has 3 nitrogen and oxygen atoms in total. The van der Waals surface area contributed by atoms with Gasteiger partial charge in [0.05, 0.1) is 12.6 Å². The normalized spacial score (nSPS) is 12.0. The third kappa shape index (κ3) is 2.95. The van der Waals surface area contributed by atoms with Crippen molar-refractivity contribution >= 4 is 10.9 Å². The van der Waals surface area contributed by atoms with E-state index in [2.05, 4.69) is 4.74 Å². The van der Waals surface area contributed by atoms with Crippen LogP contribution in [0.2, 0.25) is 0 Å². The quantitative estimate of drug-likeness (QED) is 0.841. The van der Waals surface area contributed by atoms with Crippen molar-refractivity contribution in [2.24, 2.45) is 0 Å². The molecule has 1 heterocycles. The van der Waals surface area contributed by atoms with E-state index in [9.17, 15) is 13.2 Å². The van der Waals surface area contributed by atoms with Crippen molar-refractivity contribution in [1.29, 1.82) is 0 Å². The van der Waals surface area contributed by atoms with Crippen molar-refractivity contribution in [3.8, 4) is 5.75 Å². The monoisotopic (exact) mass is 259 g/mol. The molecule has 0 N–H and O–H groups in total. The number of benzene rings is 1. The lowest BCUT2D eigenvalue weighted by Crippen LogP contribution is -2.18. The molecule has 2 rings (SSSR count). The highest BCUT2D eigenvalue weighted by molar-refractivity contribution is 5.81. The molecule has 6 heteroatoms. The summed E-state index contributed by atoms with van der Waals surface area (Å²) in [5.74, 6) is 0.705. The lowest BCUT2D eigenvalue weighted by atomic mass is 10.2. The van der Waals surface area contributed by atoms with Gasteiger partial charge in [0.25, 0.3) is 0 Å². The Morgan fingerprint density at radius 1 is 1.22 bits per heavy atom. The van der Waals surface area contributed by atoms with Gasteiger partial charge in [0, 0.05) is 11.6 Å². The lowest BCUT2D eigenvalue weighted by Gasteiger charge is -2.09. The number of ether oxygens (including phenoxy) is 2. The van der Waals surface area contributed by atoms with Gasteiger partial charge in [-0.25, -0.2) is 0 Å². The zero-order valence-corrected chi connectivity index (χ0v) is 9.70. The Hall–Kier alpha value is -1.69. The highest BCUT2D eigenvalue weighted by Gasteiger charge is 2.27. The van der Waals surface area contributed by atoms with Gasteiger partial charge in [-0.1, -0.05) is 0 Å². The SMILES string of the molecule is COc1ccc2c(ccn2COCC(F)(F)F)c1. The summed E-state index contributed by atoms with van der Waals surface area (Å²) in [6.07, 6.45) is -2.62. The largest absolute Gasteiger partial charge is 0.497 e. The predicted octanol–water partition coefficient (Wildman–Crippen LogP) is 3.19. The molecule has 0 amide bonds. The summed E-state index contributed by atoms with van der Waals surface area (Å²) < 4.78 is 47.1. The third-order valence-corrected chi connectivity index (χ3v) is 2.47. The highest BCUT2D eigenvalue weighted by Crippen LogP contribution is 2.22. The number of aromatic nitrogens is 1. The Morgan fingerprint density at radius 2 is 2.00 bits per heavy atom. The third-order valence-electron chi connectivity index (χ3n) is 2.47. The molecule has 18 heavy (non-hydrogen) atoms. The van der Waals surface area contributed by atoms with Crippen LogP contribution in [-0.2, 0) is 11.5 Å². The summed E-state index contributed by atoms with van der Waals surface area (Å²) >= 11 is 0.